The first-order valence-corrected chi connectivity index (χ1v) is 12.0. The van der Waals surface area contributed by atoms with E-state index in [1.54, 1.807) is 0 Å². The van der Waals surface area contributed by atoms with Crippen molar-refractivity contribution < 1.29 is 40.4 Å². The summed E-state index contributed by atoms with van der Waals surface area (Å²) in [5.74, 6) is 2.00. The highest BCUT2D eigenvalue weighted by atomic mass is 32.2. The van der Waals surface area contributed by atoms with E-state index in [1.165, 1.54) is 15.7 Å². The molecule has 0 aliphatic carbocycles. The fourth-order valence-corrected chi connectivity index (χ4v) is 5.33. The van der Waals surface area contributed by atoms with E-state index >= 15 is 0 Å². The van der Waals surface area contributed by atoms with Crippen molar-refractivity contribution in [2.24, 2.45) is 0 Å². The van der Waals surface area contributed by atoms with Gasteiger partial charge >= 0.3 is 11.7 Å². The van der Waals surface area contributed by atoms with Crippen LogP contribution in [0.1, 0.15) is 19.8 Å². The largest absolute Gasteiger partial charge is 0.741 e. The van der Waals surface area contributed by atoms with Gasteiger partial charge in [-0.2, -0.15) is 13.2 Å². The molecule has 2 aromatic carbocycles. The number of hydrogen-bond acceptors (Lipinski definition) is 6. The maximum atomic E-state index is 11.6. The van der Waals surface area contributed by atoms with Gasteiger partial charge in [0.15, 0.2) is 26.9 Å². The SMILES string of the molecule is CCCOC(=O)OC1CC[S+](c2cccc3ccccc23)C1.O=S(=O)([O-])C(F)(F)F. The number of benzene rings is 2. The summed E-state index contributed by atoms with van der Waals surface area (Å²) >= 11 is 0. The molecule has 166 valence electrons. The molecule has 0 saturated carbocycles. The van der Waals surface area contributed by atoms with Gasteiger partial charge in [0.25, 0.3) is 0 Å². The van der Waals surface area contributed by atoms with Gasteiger partial charge < -0.3 is 14.0 Å². The van der Waals surface area contributed by atoms with E-state index in [9.17, 15) is 18.0 Å². The molecule has 3 rings (SSSR count). The first-order valence-electron chi connectivity index (χ1n) is 9.03. The van der Waals surface area contributed by atoms with Gasteiger partial charge in [-0.25, -0.2) is 13.2 Å². The van der Waals surface area contributed by atoms with Crippen LogP contribution >= 0.6 is 0 Å². The van der Waals surface area contributed by atoms with Crippen molar-refractivity contribution in [3.8, 4) is 0 Å². The lowest BCUT2D eigenvalue weighted by molar-refractivity contribution is -0.0517. The highest BCUT2D eigenvalue weighted by Gasteiger charge is 2.38. The number of ether oxygens (including phenoxy) is 2. The lowest BCUT2D eigenvalue weighted by atomic mass is 10.1. The van der Waals surface area contributed by atoms with E-state index in [-0.39, 0.29) is 17.0 Å². The van der Waals surface area contributed by atoms with Crippen LogP contribution in [0.4, 0.5) is 18.0 Å². The summed E-state index contributed by atoms with van der Waals surface area (Å²) in [5.41, 5.74) is -5.65. The molecule has 2 unspecified atom stereocenters. The average molecular weight is 466 g/mol. The molecule has 30 heavy (non-hydrogen) atoms. The zero-order valence-electron chi connectivity index (χ0n) is 16.1. The zero-order valence-corrected chi connectivity index (χ0v) is 17.7. The maximum absolute atomic E-state index is 11.6. The van der Waals surface area contributed by atoms with E-state index in [4.69, 9.17) is 22.4 Å². The monoisotopic (exact) mass is 466 g/mol. The second-order valence-corrected chi connectivity index (χ2v) is 9.91. The normalized spacial score (nSPS) is 19.1. The Morgan fingerprint density at radius 3 is 2.47 bits per heavy atom. The van der Waals surface area contributed by atoms with Crippen LogP contribution in [-0.4, -0.2) is 48.9 Å². The Balaban J connectivity index is 0.000000343. The summed E-state index contributed by atoms with van der Waals surface area (Å²) in [7, 11) is -5.94. The number of fused-ring (bicyclic) bond motifs is 1. The third-order valence-electron chi connectivity index (χ3n) is 4.10. The molecule has 1 aliphatic rings. The van der Waals surface area contributed by atoms with Gasteiger partial charge in [0.2, 0.25) is 0 Å². The molecule has 11 heteroatoms. The highest BCUT2D eigenvalue weighted by molar-refractivity contribution is 7.97. The van der Waals surface area contributed by atoms with Crippen LogP contribution in [0.25, 0.3) is 10.8 Å². The van der Waals surface area contributed by atoms with Crippen LogP contribution < -0.4 is 0 Å². The Bertz CT molecular complexity index is 957. The highest BCUT2D eigenvalue weighted by Crippen LogP contribution is 2.30. The molecule has 0 N–H and O–H groups in total. The molecular weight excluding hydrogens is 445 g/mol. The van der Waals surface area contributed by atoms with Crippen LogP contribution in [0.2, 0.25) is 0 Å². The topological polar surface area (TPSA) is 92.7 Å². The van der Waals surface area contributed by atoms with Crippen LogP contribution in [0.3, 0.4) is 0 Å². The second-order valence-electron chi connectivity index (χ2n) is 6.37. The lowest BCUT2D eigenvalue weighted by Gasteiger charge is -2.09. The predicted molar refractivity (Wildman–Crippen MR) is 106 cm³/mol. The van der Waals surface area contributed by atoms with Crippen molar-refractivity contribution in [3.63, 3.8) is 0 Å². The Kier molecular flexibility index (Phi) is 8.39. The van der Waals surface area contributed by atoms with Gasteiger partial charge in [0, 0.05) is 22.7 Å². The van der Waals surface area contributed by atoms with Crippen molar-refractivity contribution in [2.75, 3.05) is 18.1 Å². The maximum Gasteiger partial charge on any atom is 0.508 e. The molecule has 1 fully saturated rings. The van der Waals surface area contributed by atoms with Crippen molar-refractivity contribution in [2.45, 2.75) is 36.3 Å². The van der Waals surface area contributed by atoms with E-state index in [0.717, 1.165) is 24.3 Å². The Morgan fingerprint density at radius 2 is 1.83 bits per heavy atom. The standard InChI is InChI=1S/C18H21O3S.CHF3O3S/c1-2-11-20-18(19)21-15-10-12-22(13-15)17-9-5-7-14-6-3-4-8-16(14)17;2-1(3,4)8(5,6)7/h3-9,15H,2,10-13H2,1H3;(H,5,6,7)/q+1;/p-1. The van der Waals surface area contributed by atoms with Gasteiger partial charge in [-0.05, 0) is 23.9 Å². The fourth-order valence-electron chi connectivity index (χ4n) is 2.76. The van der Waals surface area contributed by atoms with E-state index in [2.05, 4.69) is 42.5 Å². The lowest BCUT2D eigenvalue weighted by Crippen LogP contribution is -2.21. The number of carbonyl (C=O) groups is 1. The van der Waals surface area contributed by atoms with Crippen molar-refractivity contribution in [1.82, 2.24) is 0 Å². The number of carbonyl (C=O) groups excluding carboxylic acids is 1. The van der Waals surface area contributed by atoms with Gasteiger partial charge in [0.1, 0.15) is 5.75 Å². The first kappa shape index (κ1) is 24.3. The molecule has 0 amide bonds. The minimum Gasteiger partial charge on any atom is -0.741 e. The Hall–Kier alpha value is -1.98. The van der Waals surface area contributed by atoms with Crippen LogP contribution in [0.15, 0.2) is 47.4 Å². The zero-order chi connectivity index (χ0) is 22.4. The van der Waals surface area contributed by atoms with Gasteiger partial charge in [-0.3, -0.25) is 0 Å². The van der Waals surface area contributed by atoms with E-state index < -0.39 is 21.8 Å². The summed E-state index contributed by atoms with van der Waals surface area (Å²) in [6, 6.07) is 15.0. The molecule has 0 bridgehead atoms. The molecule has 0 radical (unpaired) electrons. The van der Waals surface area contributed by atoms with Crippen molar-refractivity contribution in [3.05, 3.63) is 42.5 Å². The van der Waals surface area contributed by atoms with Gasteiger partial charge in [0.05, 0.1) is 6.61 Å². The summed E-state index contributed by atoms with van der Waals surface area (Å²) in [6.45, 7) is 2.40. The molecule has 1 saturated heterocycles. The smallest absolute Gasteiger partial charge is 0.508 e. The third kappa shape index (κ3) is 6.78. The molecule has 1 aliphatic heterocycles. The Labute approximate surface area is 175 Å². The minimum absolute atomic E-state index is 0.00772. The molecule has 2 atom stereocenters. The fraction of sp³-hybridized carbons (Fsp3) is 0.421. The quantitative estimate of drug-likeness (QED) is 0.290. The molecule has 1 heterocycles. The first-order chi connectivity index (χ1) is 14.0. The van der Waals surface area contributed by atoms with Gasteiger partial charge in [-0.15, -0.1) is 0 Å². The second kappa shape index (κ2) is 10.4. The van der Waals surface area contributed by atoms with Crippen LogP contribution in [0, 0.1) is 0 Å². The van der Waals surface area contributed by atoms with E-state index in [0.29, 0.717) is 6.61 Å². The summed E-state index contributed by atoms with van der Waals surface area (Å²) in [6.07, 6.45) is 1.22. The summed E-state index contributed by atoms with van der Waals surface area (Å²) in [5, 5.41) is 2.60. The number of halogens is 3. The van der Waals surface area contributed by atoms with Crippen molar-refractivity contribution in [1.29, 1.82) is 0 Å². The number of rotatable bonds is 4. The Morgan fingerprint density at radius 1 is 1.20 bits per heavy atom. The number of alkyl halides is 3. The summed E-state index contributed by atoms with van der Waals surface area (Å²) < 4.78 is 69.3. The van der Waals surface area contributed by atoms with Crippen LogP contribution in [0.5, 0.6) is 0 Å². The van der Waals surface area contributed by atoms with Crippen molar-refractivity contribution >= 4 is 37.9 Å². The minimum atomic E-state index is -6.09. The predicted octanol–water partition coefficient (Wildman–Crippen LogP) is 4.20. The molecule has 6 nitrogen and oxygen atoms in total. The van der Waals surface area contributed by atoms with Crippen LogP contribution in [-0.2, 0) is 30.5 Å². The van der Waals surface area contributed by atoms with E-state index in [1.807, 2.05) is 6.92 Å². The number of hydrogen-bond donors (Lipinski definition) is 0. The average Bonchev–Trinajstić information content (AvgIpc) is 3.13. The third-order valence-corrected chi connectivity index (χ3v) is 7.15. The summed E-state index contributed by atoms with van der Waals surface area (Å²) in [4.78, 5) is 13.0. The molecule has 2 aromatic rings. The molecule has 0 spiro atoms. The van der Waals surface area contributed by atoms with Gasteiger partial charge in [-0.1, -0.05) is 37.3 Å². The molecule has 0 aromatic heterocycles. The molecular formula is C19H21F3O6S2.